The van der Waals surface area contributed by atoms with Crippen LogP contribution in [-0.4, -0.2) is 17.5 Å². The van der Waals surface area contributed by atoms with Gasteiger partial charge in [0.1, 0.15) is 5.84 Å². The van der Waals surface area contributed by atoms with Gasteiger partial charge in [-0.25, -0.2) is 4.99 Å². The van der Waals surface area contributed by atoms with Crippen LogP contribution in [0.15, 0.2) is 59.6 Å². The van der Waals surface area contributed by atoms with Crippen LogP contribution in [0.5, 0.6) is 0 Å². The number of benzene rings is 2. The molecule has 2 aromatic rings. The fourth-order valence-corrected chi connectivity index (χ4v) is 2.15. The van der Waals surface area contributed by atoms with Gasteiger partial charge in [0.15, 0.2) is 5.11 Å². The topological polar surface area (TPSA) is 36.4 Å². The van der Waals surface area contributed by atoms with Crippen molar-refractivity contribution in [3.63, 3.8) is 0 Å². The van der Waals surface area contributed by atoms with E-state index in [0.29, 0.717) is 5.11 Å². The maximum Gasteiger partial charge on any atom is 0.194 e. The van der Waals surface area contributed by atoms with Crippen molar-refractivity contribution in [3.8, 4) is 0 Å². The molecule has 2 aromatic carbocycles. The van der Waals surface area contributed by atoms with E-state index in [1.54, 1.807) is 0 Å². The molecule has 0 saturated carbocycles. The number of aryl methyl sites for hydroxylation is 1. The number of rotatable bonds is 3. The summed E-state index contributed by atoms with van der Waals surface area (Å²) in [5, 5.41) is 6.88. The minimum Gasteiger partial charge on any atom is -0.361 e. The molecule has 2 rings (SSSR count). The van der Waals surface area contributed by atoms with Gasteiger partial charge < -0.3 is 10.6 Å². The van der Waals surface area contributed by atoms with Gasteiger partial charge in [-0.05, 0) is 43.8 Å². The molecule has 0 spiro atoms. The van der Waals surface area contributed by atoms with Crippen LogP contribution in [0.3, 0.4) is 0 Å². The molecule has 0 unspecified atom stereocenters. The van der Waals surface area contributed by atoms with Crippen molar-refractivity contribution in [3.05, 3.63) is 65.7 Å². The lowest BCUT2D eigenvalue weighted by Crippen LogP contribution is -2.23. The first kappa shape index (κ1) is 15.2. The van der Waals surface area contributed by atoms with Crippen molar-refractivity contribution in [2.45, 2.75) is 13.8 Å². The van der Waals surface area contributed by atoms with Crippen molar-refractivity contribution in [1.29, 1.82) is 0 Å². The minimum atomic E-state index is 0.483. The van der Waals surface area contributed by atoms with Crippen LogP contribution in [-0.2, 0) is 0 Å². The summed E-state index contributed by atoms with van der Waals surface area (Å²) < 4.78 is 0. The normalized spacial score (nSPS) is 11.0. The van der Waals surface area contributed by atoms with Crippen molar-refractivity contribution in [2.24, 2.45) is 4.99 Å². The fourth-order valence-electron chi connectivity index (χ4n) is 1.91. The quantitative estimate of drug-likeness (QED) is 0.514. The summed E-state index contributed by atoms with van der Waals surface area (Å²) in [5.74, 6) is 0.743. The summed E-state index contributed by atoms with van der Waals surface area (Å²) in [6.45, 7) is 4.82. The highest BCUT2D eigenvalue weighted by atomic mass is 32.1. The second-order valence-corrected chi connectivity index (χ2v) is 5.04. The Hall–Kier alpha value is -2.20. The van der Waals surface area contributed by atoms with Crippen LogP contribution in [0.4, 0.5) is 5.69 Å². The third-order valence-electron chi connectivity index (χ3n) is 2.87. The molecule has 3 nitrogen and oxygen atoms in total. The first-order valence-corrected chi connectivity index (χ1v) is 7.35. The second kappa shape index (κ2) is 7.55. The molecule has 21 heavy (non-hydrogen) atoms. The molecular formula is C17H19N3S. The Balaban J connectivity index is 2.30. The van der Waals surface area contributed by atoms with Crippen LogP contribution in [0, 0.1) is 6.92 Å². The van der Waals surface area contributed by atoms with E-state index >= 15 is 0 Å². The minimum absolute atomic E-state index is 0.483. The monoisotopic (exact) mass is 297 g/mol. The molecule has 0 heterocycles. The maximum atomic E-state index is 5.23. The van der Waals surface area contributed by atoms with E-state index in [2.05, 4.69) is 34.7 Å². The smallest absolute Gasteiger partial charge is 0.194 e. The zero-order valence-corrected chi connectivity index (χ0v) is 13.1. The summed E-state index contributed by atoms with van der Waals surface area (Å²) in [6.07, 6.45) is 0. The molecule has 0 aromatic heterocycles. The molecule has 0 aliphatic carbocycles. The standard InChI is InChI=1S/C17H19N3S/c1-3-18-17(21)20-16(14-9-5-4-6-10-14)19-15-11-7-8-13(2)12-15/h4-12H,3H2,1-2H3,(H2,18,19,20,21). The Morgan fingerprint density at radius 2 is 1.86 bits per heavy atom. The lowest BCUT2D eigenvalue weighted by molar-refractivity contribution is 0.973. The van der Waals surface area contributed by atoms with Gasteiger partial charge in [-0.3, -0.25) is 0 Å². The van der Waals surface area contributed by atoms with Crippen LogP contribution in [0.1, 0.15) is 18.1 Å². The summed E-state index contributed by atoms with van der Waals surface area (Å²) in [6, 6.07) is 18.1. The molecule has 0 radical (unpaired) electrons. The molecule has 0 bridgehead atoms. The first-order valence-electron chi connectivity index (χ1n) is 6.94. The van der Waals surface area contributed by atoms with Crippen molar-refractivity contribution in [2.75, 3.05) is 11.9 Å². The van der Waals surface area contributed by atoms with Gasteiger partial charge in [0.25, 0.3) is 0 Å². The molecule has 0 aliphatic heterocycles. The van der Waals surface area contributed by atoms with Gasteiger partial charge in [0.2, 0.25) is 0 Å². The van der Waals surface area contributed by atoms with Crippen LogP contribution >= 0.6 is 12.2 Å². The molecule has 2 N–H and O–H groups in total. The van der Waals surface area contributed by atoms with Crippen molar-refractivity contribution < 1.29 is 0 Å². The predicted octanol–water partition coefficient (Wildman–Crippen LogP) is 3.75. The Morgan fingerprint density at radius 3 is 2.52 bits per heavy atom. The van der Waals surface area contributed by atoms with Crippen LogP contribution < -0.4 is 10.6 Å². The third-order valence-corrected chi connectivity index (χ3v) is 3.11. The number of nitrogens with zero attached hydrogens (tertiary/aromatic N) is 1. The van der Waals surface area contributed by atoms with Gasteiger partial charge in [-0.2, -0.15) is 0 Å². The van der Waals surface area contributed by atoms with E-state index in [4.69, 9.17) is 12.2 Å². The fraction of sp³-hybridized carbons (Fsp3) is 0.176. The van der Waals surface area contributed by atoms with Crippen molar-refractivity contribution in [1.82, 2.24) is 5.32 Å². The summed E-state index contributed by atoms with van der Waals surface area (Å²) in [7, 11) is 0. The highest BCUT2D eigenvalue weighted by Gasteiger charge is 2.05. The molecule has 0 amide bonds. The number of aliphatic imine (C=N–C) groups is 1. The number of amidine groups is 1. The number of nitrogens with one attached hydrogen (secondary N) is 2. The summed E-state index contributed by atoms with van der Waals surface area (Å²) >= 11 is 5.23. The molecule has 0 fully saturated rings. The lowest BCUT2D eigenvalue weighted by Gasteiger charge is -2.11. The molecule has 0 saturated heterocycles. The Kier molecular flexibility index (Phi) is 5.46. The summed E-state index contributed by atoms with van der Waals surface area (Å²) in [4.78, 5) is 4.49. The molecular weight excluding hydrogens is 278 g/mol. The second-order valence-electron chi connectivity index (χ2n) is 4.66. The third kappa shape index (κ3) is 4.68. The average molecular weight is 297 g/mol. The summed E-state index contributed by atoms with van der Waals surface area (Å²) in [5.41, 5.74) is 3.19. The van der Waals surface area contributed by atoms with E-state index in [-0.39, 0.29) is 0 Å². The lowest BCUT2D eigenvalue weighted by atomic mass is 10.2. The zero-order valence-electron chi connectivity index (χ0n) is 12.3. The average Bonchev–Trinajstić information content (AvgIpc) is 2.48. The van der Waals surface area contributed by atoms with E-state index in [1.165, 1.54) is 5.56 Å². The van der Waals surface area contributed by atoms with E-state index < -0.39 is 0 Å². The van der Waals surface area contributed by atoms with Crippen molar-refractivity contribution >= 4 is 28.9 Å². The predicted molar refractivity (Wildman–Crippen MR) is 94.1 cm³/mol. The number of thiocarbonyl (C=S) groups is 1. The van der Waals surface area contributed by atoms with Gasteiger partial charge in [0, 0.05) is 17.8 Å². The highest BCUT2D eigenvalue weighted by molar-refractivity contribution is 7.80. The van der Waals surface area contributed by atoms with E-state index in [0.717, 1.165) is 23.6 Å². The number of hydrogen-bond donors (Lipinski definition) is 2. The van der Waals surface area contributed by atoms with Crippen LogP contribution in [0.25, 0.3) is 0 Å². The number of anilines is 1. The van der Waals surface area contributed by atoms with Gasteiger partial charge in [-0.1, -0.05) is 42.5 Å². The highest BCUT2D eigenvalue weighted by Crippen LogP contribution is 2.12. The Labute approximate surface area is 131 Å². The van der Waals surface area contributed by atoms with E-state index in [9.17, 15) is 0 Å². The Bertz CT molecular complexity index is 635. The molecule has 0 aliphatic rings. The molecule has 0 atom stereocenters. The first-order chi connectivity index (χ1) is 10.2. The number of hydrogen-bond acceptors (Lipinski definition) is 1. The molecule has 4 heteroatoms. The van der Waals surface area contributed by atoms with Gasteiger partial charge in [0.05, 0.1) is 0 Å². The zero-order chi connectivity index (χ0) is 15.1. The van der Waals surface area contributed by atoms with Crippen LogP contribution in [0.2, 0.25) is 0 Å². The van der Waals surface area contributed by atoms with Gasteiger partial charge >= 0.3 is 0 Å². The largest absolute Gasteiger partial charge is 0.361 e. The van der Waals surface area contributed by atoms with Gasteiger partial charge in [-0.15, -0.1) is 0 Å². The Morgan fingerprint density at radius 1 is 1.10 bits per heavy atom. The SMILES string of the molecule is CCNC(=S)N=C(Nc1cccc(C)c1)c1ccccc1. The van der Waals surface area contributed by atoms with E-state index in [1.807, 2.05) is 49.4 Å². The molecule has 108 valence electrons. The maximum absolute atomic E-state index is 5.23.